The van der Waals surface area contributed by atoms with E-state index in [0.29, 0.717) is 19.7 Å². The fourth-order valence-electron chi connectivity index (χ4n) is 3.36. The van der Waals surface area contributed by atoms with Crippen molar-refractivity contribution in [2.75, 3.05) is 19.7 Å². The van der Waals surface area contributed by atoms with E-state index in [1.807, 2.05) is 57.2 Å². The number of benzene rings is 2. The first-order valence-electron chi connectivity index (χ1n) is 10.3. The number of aliphatic hydroxyl groups excluding tert-OH is 1. The van der Waals surface area contributed by atoms with Crippen LogP contribution in [0.1, 0.15) is 38.3 Å². The van der Waals surface area contributed by atoms with Crippen LogP contribution >= 0.6 is 0 Å². The molecule has 0 spiro atoms. The predicted molar refractivity (Wildman–Crippen MR) is 116 cm³/mol. The van der Waals surface area contributed by atoms with E-state index in [1.54, 1.807) is 0 Å². The molecule has 0 amide bonds. The topological polar surface area (TPSA) is 54.3 Å². The third-order valence-electron chi connectivity index (χ3n) is 4.73. The van der Waals surface area contributed by atoms with Crippen LogP contribution in [0.5, 0.6) is 0 Å². The molecular weight excluding hydrogens is 364 g/mol. The molecule has 3 rings (SSSR count). The summed E-state index contributed by atoms with van der Waals surface area (Å²) in [5.74, 6) is 0. The monoisotopic (exact) mass is 396 g/mol. The largest absolute Gasteiger partial charge is 0.390 e. The molecule has 2 aromatic carbocycles. The van der Waals surface area contributed by atoms with Gasteiger partial charge in [-0.05, 0) is 31.9 Å². The van der Waals surface area contributed by atoms with Gasteiger partial charge in [0.05, 0.1) is 24.0 Å². The Kier molecular flexibility index (Phi) is 7.42. The maximum absolute atomic E-state index is 10.5. The van der Waals surface area contributed by atoms with E-state index in [-0.39, 0.29) is 11.7 Å². The molecule has 2 atom stereocenters. The summed E-state index contributed by atoms with van der Waals surface area (Å²) in [6.07, 6.45) is 0.183. The fourth-order valence-corrected chi connectivity index (χ4v) is 3.36. The summed E-state index contributed by atoms with van der Waals surface area (Å²) in [5, 5.41) is 14.8. The van der Waals surface area contributed by atoms with Crippen LogP contribution in [0.4, 0.5) is 0 Å². The van der Waals surface area contributed by atoms with Crippen LogP contribution in [-0.4, -0.2) is 53.2 Å². The lowest BCUT2D eigenvalue weighted by Gasteiger charge is -2.28. The van der Waals surface area contributed by atoms with Crippen molar-refractivity contribution >= 4 is 5.71 Å². The molecule has 5 nitrogen and oxygen atoms in total. The van der Waals surface area contributed by atoms with E-state index < -0.39 is 6.10 Å². The molecule has 0 radical (unpaired) electrons. The minimum atomic E-state index is -0.561. The van der Waals surface area contributed by atoms with Crippen molar-refractivity contribution in [3.8, 4) is 0 Å². The molecule has 0 unspecified atom stereocenters. The third kappa shape index (κ3) is 7.28. The lowest BCUT2D eigenvalue weighted by molar-refractivity contribution is -0.0600. The Morgan fingerprint density at radius 3 is 2.41 bits per heavy atom. The number of hydrogen-bond acceptors (Lipinski definition) is 5. The van der Waals surface area contributed by atoms with E-state index >= 15 is 0 Å². The SMILES string of the molecule is CC(C)(C)OC[C@@H](O)CN(Cc1ccccc1)C[C@H]1CC(c2ccccc2)=NO1. The Balaban J connectivity index is 1.59. The quantitative estimate of drug-likeness (QED) is 0.699. The zero-order chi connectivity index (χ0) is 20.7. The molecule has 2 aromatic rings. The molecule has 1 N–H and O–H groups in total. The molecule has 0 saturated carbocycles. The van der Waals surface area contributed by atoms with Crippen LogP contribution in [-0.2, 0) is 16.1 Å². The second kappa shape index (κ2) is 10.0. The number of hydrogen-bond donors (Lipinski definition) is 1. The minimum Gasteiger partial charge on any atom is -0.390 e. The van der Waals surface area contributed by atoms with Crippen molar-refractivity contribution in [3.05, 3.63) is 71.8 Å². The number of rotatable bonds is 9. The minimum absolute atomic E-state index is 0.0235. The van der Waals surface area contributed by atoms with E-state index in [9.17, 15) is 5.11 Å². The van der Waals surface area contributed by atoms with Gasteiger partial charge in [-0.3, -0.25) is 4.90 Å². The van der Waals surface area contributed by atoms with Crippen LogP contribution in [0.15, 0.2) is 65.8 Å². The molecule has 29 heavy (non-hydrogen) atoms. The molecule has 5 heteroatoms. The first kappa shape index (κ1) is 21.5. The molecule has 1 heterocycles. The summed E-state index contributed by atoms with van der Waals surface area (Å²) in [6, 6.07) is 20.4. The Hall–Kier alpha value is -2.21. The highest BCUT2D eigenvalue weighted by molar-refractivity contribution is 6.01. The van der Waals surface area contributed by atoms with E-state index in [4.69, 9.17) is 9.57 Å². The van der Waals surface area contributed by atoms with Gasteiger partial charge in [-0.1, -0.05) is 65.8 Å². The van der Waals surface area contributed by atoms with Crippen LogP contribution in [0, 0.1) is 0 Å². The van der Waals surface area contributed by atoms with Crippen LogP contribution in [0.3, 0.4) is 0 Å². The molecule has 0 bridgehead atoms. The lowest BCUT2D eigenvalue weighted by atomic mass is 10.0. The molecule has 1 aliphatic heterocycles. The van der Waals surface area contributed by atoms with Gasteiger partial charge in [-0.15, -0.1) is 0 Å². The zero-order valence-electron chi connectivity index (χ0n) is 17.6. The van der Waals surface area contributed by atoms with Crippen LogP contribution in [0.25, 0.3) is 0 Å². The number of aliphatic hydroxyl groups is 1. The highest BCUT2D eigenvalue weighted by Crippen LogP contribution is 2.19. The van der Waals surface area contributed by atoms with Gasteiger partial charge in [0.15, 0.2) is 0 Å². The molecular formula is C24H32N2O3. The summed E-state index contributed by atoms with van der Waals surface area (Å²) >= 11 is 0. The summed E-state index contributed by atoms with van der Waals surface area (Å²) < 4.78 is 5.76. The van der Waals surface area contributed by atoms with Crippen LogP contribution in [0.2, 0.25) is 0 Å². The maximum atomic E-state index is 10.5. The predicted octanol–water partition coefficient (Wildman–Crippen LogP) is 3.86. The Bertz CT molecular complexity index is 772. The Morgan fingerprint density at radius 1 is 1.10 bits per heavy atom. The molecule has 0 fully saturated rings. The average molecular weight is 397 g/mol. The fraction of sp³-hybridized carbons (Fsp3) is 0.458. The summed E-state index contributed by atoms with van der Waals surface area (Å²) in [4.78, 5) is 7.94. The summed E-state index contributed by atoms with van der Waals surface area (Å²) in [5.41, 5.74) is 3.02. The second-order valence-electron chi connectivity index (χ2n) is 8.59. The van der Waals surface area contributed by atoms with Gasteiger partial charge in [0.25, 0.3) is 0 Å². The Labute approximate surface area is 173 Å². The smallest absolute Gasteiger partial charge is 0.145 e. The average Bonchev–Trinajstić information content (AvgIpc) is 3.16. The highest BCUT2D eigenvalue weighted by atomic mass is 16.6. The normalized spacial score (nSPS) is 17.8. The van der Waals surface area contributed by atoms with Gasteiger partial charge >= 0.3 is 0 Å². The highest BCUT2D eigenvalue weighted by Gasteiger charge is 2.26. The lowest BCUT2D eigenvalue weighted by Crippen LogP contribution is -2.40. The van der Waals surface area contributed by atoms with Gasteiger partial charge < -0.3 is 14.7 Å². The standard InChI is InChI=1S/C24H32N2O3/c1-24(2,3)28-18-21(27)16-26(15-19-10-6-4-7-11-19)17-22-14-23(25-29-22)20-12-8-5-9-13-20/h4-13,21-22,27H,14-18H2,1-3H3/t21-,22+/m0/s1. The molecule has 0 aliphatic carbocycles. The number of oxime groups is 1. The summed E-state index contributed by atoms with van der Waals surface area (Å²) in [7, 11) is 0. The van der Waals surface area contributed by atoms with Crippen molar-refractivity contribution < 1.29 is 14.7 Å². The first-order valence-corrected chi connectivity index (χ1v) is 10.3. The van der Waals surface area contributed by atoms with Gasteiger partial charge in [0.1, 0.15) is 6.10 Å². The third-order valence-corrected chi connectivity index (χ3v) is 4.73. The van der Waals surface area contributed by atoms with Gasteiger partial charge in [0.2, 0.25) is 0 Å². The molecule has 1 aliphatic rings. The summed E-state index contributed by atoms with van der Waals surface area (Å²) in [6.45, 7) is 8.26. The Morgan fingerprint density at radius 2 is 1.76 bits per heavy atom. The number of ether oxygens (including phenoxy) is 1. The molecule has 156 valence electrons. The van der Waals surface area contributed by atoms with E-state index in [1.165, 1.54) is 5.56 Å². The van der Waals surface area contributed by atoms with Gasteiger partial charge in [0, 0.05) is 26.1 Å². The van der Waals surface area contributed by atoms with Gasteiger partial charge in [-0.2, -0.15) is 0 Å². The van der Waals surface area contributed by atoms with Crippen molar-refractivity contribution in [2.45, 2.75) is 51.5 Å². The van der Waals surface area contributed by atoms with E-state index in [0.717, 1.165) is 24.2 Å². The number of nitrogens with zero attached hydrogens (tertiary/aromatic N) is 2. The van der Waals surface area contributed by atoms with E-state index in [2.05, 4.69) is 34.3 Å². The van der Waals surface area contributed by atoms with Crippen molar-refractivity contribution in [1.82, 2.24) is 4.90 Å². The zero-order valence-corrected chi connectivity index (χ0v) is 17.6. The molecule has 0 aromatic heterocycles. The van der Waals surface area contributed by atoms with Crippen molar-refractivity contribution in [2.24, 2.45) is 5.16 Å². The van der Waals surface area contributed by atoms with Crippen LogP contribution < -0.4 is 0 Å². The van der Waals surface area contributed by atoms with Crippen molar-refractivity contribution in [3.63, 3.8) is 0 Å². The first-order chi connectivity index (χ1) is 13.9. The molecule has 0 saturated heterocycles. The van der Waals surface area contributed by atoms with Crippen molar-refractivity contribution in [1.29, 1.82) is 0 Å². The maximum Gasteiger partial charge on any atom is 0.145 e. The second-order valence-corrected chi connectivity index (χ2v) is 8.59. The van der Waals surface area contributed by atoms with Gasteiger partial charge in [-0.25, -0.2) is 0 Å².